The van der Waals surface area contributed by atoms with E-state index in [2.05, 4.69) is 10.1 Å². The number of aromatic nitrogens is 2. The number of carboxylic acid groups (broad SMARTS) is 1. The van der Waals surface area contributed by atoms with Gasteiger partial charge in [-0.05, 0) is 36.1 Å². The van der Waals surface area contributed by atoms with Crippen LogP contribution in [0.2, 0.25) is 0 Å². The zero-order valence-electron chi connectivity index (χ0n) is 27.7. The van der Waals surface area contributed by atoms with E-state index in [1.165, 1.54) is 35.9 Å². The summed E-state index contributed by atoms with van der Waals surface area (Å²) in [5, 5.41) is 27.3. The van der Waals surface area contributed by atoms with Gasteiger partial charge < -0.3 is 19.4 Å². The van der Waals surface area contributed by atoms with Crippen molar-refractivity contribution in [2.24, 2.45) is 5.16 Å². The molecule has 2 N–H and O–H groups in total. The van der Waals surface area contributed by atoms with E-state index >= 15 is 0 Å². The first-order chi connectivity index (χ1) is 24.8. The number of aliphatic carboxylic acids is 1. The average Bonchev–Trinajstić information content (AvgIpc) is 3.58. The van der Waals surface area contributed by atoms with Crippen LogP contribution in [-0.4, -0.2) is 32.8 Å². The van der Waals surface area contributed by atoms with E-state index in [1.807, 2.05) is 121 Å². The van der Waals surface area contributed by atoms with Crippen LogP contribution in [-0.2, 0) is 14.4 Å². The molecule has 256 valence electrons. The number of ketones is 1. The number of Topliss-reactive ketones (excluding diaryl/α,β-unsaturated/α-hetero) is 1. The van der Waals surface area contributed by atoms with Gasteiger partial charge in [0.25, 0.3) is 18.0 Å². The summed E-state index contributed by atoms with van der Waals surface area (Å²) in [7, 11) is 0. The third-order valence-corrected chi connectivity index (χ3v) is 8.65. The Bertz CT molecular complexity index is 2050. The van der Waals surface area contributed by atoms with Crippen LogP contribution in [0.1, 0.15) is 63.9 Å². The van der Waals surface area contributed by atoms with Crippen molar-refractivity contribution in [3.8, 4) is 11.5 Å². The zero-order valence-corrected chi connectivity index (χ0v) is 28.5. The second-order valence-electron chi connectivity index (χ2n) is 11.5. The van der Waals surface area contributed by atoms with Crippen LogP contribution >= 0.6 is 11.3 Å². The van der Waals surface area contributed by atoms with Crippen LogP contribution in [0.4, 0.5) is 0 Å². The fourth-order valence-electron chi connectivity index (χ4n) is 5.43. The molecule has 1 atom stereocenters. The van der Waals surface area contributed by atoms with Gasteiger partial charge in [0.2, 0.25) is 11.5 Å². The Morgan fingerprint density at radius 2 is 1.20 bits per heavy atom. The van der Waals surface area contributed by atoms with Crippen LogP contribution in [0.5, 0.6) is 11.5 Å². The highest BCUT2D eigenvalue weighted by Gasteiger charge is 2.35. The number of aryl methyl sites for hydroxylation is 1. The van der Waals surface area contributed by atoms with E-state index in [4.69, 9.17) is 14.3 Å². The molecule has 0 spiro atoms. The number of carbonyl (C=O) groups is 2. The molecule has 0 radical (unpaired) electrons. The first kappa shape index (κ1) is 34.5. The van der Waals surface area contributed by atoms with Crippen molar-refractivity contribution in [1.29, 1.82) is 0 Å². The molecule has 2 heterocycles. The van der Waals surface area contributed by atoms with Gasteiger partial charge in [0.1, 0.15) is 17.9 Å². The SMILES string of the molecule is CC(=O)C(O/N=C(\C(=O)O)c1csc(C)n1)c1cc(OC(c2ccccc2)c2ccccc2)c(OC(c2ccccc2)c2ccccc2)c[n+]1O. The lowest BCUT2D eigenvalue weighted by Crippen LogP contribution is -2.39. The van der Waals surface area contributed by atoms with Gasteiger partial charge in [-0.15, -0.1) is 11.3 Å². The summed E-state index contributed by atoms with van der Waals surface area (Å²) in [6, 6.07) is 39.9. The average molecular weight is 701 g/mol. The summed E-state index contributed by atoms with van der Waals surface area (Å²) < 4.78 is 14.2. The van der Waals surface area contributed by atoms with E-state index in [1.54, 1.807) is 6.92 Å². The molecule has 10 nitrogen and oxygen atoms in total. The number of oxime groups is 1. The van der Waals surface area contributed by atoms with Gasteiger partial charge in [-0.1, -0.05) is 126 Å². The highest BCUT2D eigenvalue weighted by atomic mass is 32.1. The topological polar surface area (TPSA) is 131 Å². The number of benzene rings is 4. The number of hydrogen-bond acceptors (Lipinski definition) is 9. The fraction of sp³-hybridized carbons (Fsp3) is 0.125. The Morgan fingerprint density at radius 3 is 1.59 bits per heavy atom. The minimum absolute atomic E-state index is 0.0800. The normalized spacial score (nSPS) is 12.0. The summed E-state index contributed by atoms with van der Waals surface area (Å²) in [5.74, 6) is -1.62. The van der Waals surface area contributed by atoms with E-state index in [0.29, 0.717) is 9.74 Å². The van der Waals surface area contributed by atoms with E-state index in [9.17, 15) is 19.9 Å². The lowest BCUT2D eigenvalue weighted by Gasteiger charge is -2.24. The van der Waals surface area contributed by atoms with Crippen molar-refractivity contribution in [3.05, 3.63) is 178 Å². The largest absolute Gasteiger partial charge is 0.477 e. The van der Waals surface area contributed by atoms with Crippen molar-refractivity contribution in [2.75, 3.05) is 0 Å². The number of ether oxygens (including phenoxy) is 2. The fourth-order valence-corrected chi connectivity index (χ4v) is 6.03. The monoisotopic (exact) mass is 700 g/mol. The summed E-state index contributed by atoms with van der Waals surface area (Å²) >= 11 is 1.24. The standard InChI is InChI=1S/C40H33N3O7S/c1-26(44)37(50-42-36(40(45)46)32-25-51-27(2)41-32)33-23-34(48-38(28-15-7-3-8-16-28)29-17-9-4-10-18-29)35(24-43(33)47)49-39(30-19-11-5-12-20-30)31-21-13-6-14-22-31/h3-25,37-39H,1-2H3,(H-,45,46,47)/p+1/b42-36-. The molecule has 0 bridgehead atoms. The van der Waals surface area contributed by atoms with Crippen LogP contribution in [0.3, 0.4) is 0 Å². The second kappa shape index (κ2) is 15.9. The van der Waals surface area contributed by atoms with Gasteiger partial charge in [-0.2, -0.15) is 0 Å². The Morgan fingerprint density at radius 1 is 0.745 bits per heavy atom. The molecule has 51 heavy (non-hydrogen) atoms. The van der Waals surface area contributed by atoms with Crippen LogP contribution < -0.4 is 14.2 Å². The lowest BCUT2D eigenvalue weighted by atomic mass is 10.0. The molecule has 11 heteroatoms. The van der Waals surface area contributed by atoms with Gasteiger partial charge in [0.05, 0.1) is 11.1 Å². The van der Waals surface area contributed by atoms with Gasteiger partial charge in [0.15, 0.2) is 11.5 Å². The molecule has 0 aliphatic heterocycles. The summed E-state index contributed by atoms with van der Waals surface area (Å²) in [6.45, 7) is 2.97. The molecule has 0 fully saturated rings. The quantitative estimate of drug-likeness (QED) is 0.0519. The molecule has 2 aromatic heterocycles. The number of thiazole rings is 1. The molecular formula is C40H34N3O7S+. The van der Waals surface area contributed by atoms with Gasteiger partial charge in [0, 0.05) is 10.1 Å². The first-order valence-electron chi connectivity index (χ1n) is 16.0. The van der Waals surface area contributed by atoms with E-state index < -0.39 is 35.8 Å². The van der Waals surface area contributed by atoms with Gasteiger partial charge >= 0.3 is 5.97 Å². The highest BCUT2D eigenvalue weighted by molar-refractivity contribution is 7.09. The molecule has 0 saturated carbocycles. The van der Waals surface area contributed by atoms with E-state index in [-0.39, 0.29) is 22.9 Å². The Hall–Kier alpha value is -6.33. The van der Waals surface area contributed by atoms with Crippen molar-refractivity contribution in [2.45, 2.75) is 32.2 Å². The lowest BCUT2D eigenvalue weighted by molar-refractivity contribution is -0.911. The number of hydrogen-bond donors (Lipinski definition) is 2. The minimum atomic E-state index is -1.54. The molecule has 0 aliphatic carbocycles. The molecule has 0 amide bonds. The van der Waals surface area contributed by atoms with Crippen LogP contribution in [0, 0.1) is 6.92 Å². The summed E-state index contributed by atoms with van der Waals surface area (Å²) in [5.41, 5.74) is 2.89. The number of pyridine rings is 1. The maximum absolute atomic E-state index is 13.1. The Labute approximate surface area is 298 Å². The molecule has 1 unspecified atom stereocenters. The van der Waals surface area contributed by atoms with Gasteiger partial charge in [-0.3, -0.25) is 10.0 Å². The third-order valence-electron chi connectivity index (χ3n) is 7.88. The molecule has 6 rings (SSSR count). The van der Waals surface area contributed by atoms with E-state index in [0.717, 1.165) is 22.3 Å². The molecule has 0 aliphatic rings. The smallest absolute Gasteiger partial charge is 0.360 e. The third kappa shape index (κ3) is 8.28. The predicted octanol–water partition coefficient (Wildman–Crippen LogP) is 7.45. The van der Waals surface area contributed by atoms with Crippen molar-refractivity contribution in [1.82, 2.24) is 4.98 Å². The van der Waals surface area contributed by atoms with Crippen molar-refractivity contribution < 1.29 is 38.9 Å². The number of nitrogens with zero attached hydrogens (tertiary/aromatic N) is 3. The predicted molar refractivity (Wildman–Crippen MR) is 190 cm³/mol. The molecule has 6 aromatic rings. The highest BCUT2D eigenvalue weighted by Crippen LogP contribution is 2.39. The summed E-state index contributed by atoms with van der Waals surface area (Å²) in [6.07, 6.45) is -1.49. The van der Waals surface area contributed by atoms with Crippen molar-refractivity contribution in [3.63, 3.8) is 0 Å². The second-order valence-corrected chi connectivity index (χ2v) is 12.6. The van der Waals surface area contributed by atoms with Gasteiger partial charge in [-0.25, -0.2) is 9.78 Å². The van der Waals surface area contributed by atoms with Crippen LogP contribution in [0.25, 0.3) is 0 Å². The number of carbonyl (C=O) groups excluding carboxylic acids is 1. The number of carboxylic acids is 1. The summed E-state index contributed by atoms with van der Waals surface area (Å²) in [4.78, 5) is 35.0. The maximum Gasteiger partial charge on any atom is 0.360 e. The molecule has 4 aromatic carbocycles. The first-order valence-corrected chi connectivity index (χ1v) is 16.9. The van der Waals surface area contributed by atoms with Crippen LogP contribution in [0.15, 0.2) is 144 Å². The number of rotatable bonds is 14. The minimum Gasteiger partial charge on any atom is -0.477 e. The maximum atomic E-state index is 13.1. The van der Waals surface area contributed by atoms with Crippen molar-refractivity contribution >= 4 is 28.8 Å². The Kier molecular flexibility index (Phi) is 10.8. The zero-order chi connectivity index (χ0) is 35.7. The molecular weight excluding hydrogens is 667 g/mol. The Balaban J connectivity index is 1.48. The molecule has 0 saturated heterocycles.